The lowest BCUT2D eigenvalue weighted by molar-refractivity contribution is 0.102. The highest BCUT2D eigenvalue weighted by molar-refractivity contribution is 9.09. The van der Waals surface area contributed by atoms with Crippen molar-refractivity contribution in [1.82, 2.24) is 9.80 Å². The fraction of sp³-hybridized carbons (Fsp3) is 1.00. The van der Waals surface area contributed by atoms with Crippen LogP contribution >= 0.6 is 15.9 Å². The third-order valence-corrected chi connectivity index (χ3v) is 4.42. The summed E-state index contributed by atoms with van der Waals surface area (Å²) in [6, 6.07) is 0. The zero-order valence-electron chi connectivity index (χ0n) is 9.72. The van der Waals surface area contributed by atoms with Crippen LogP contribution < -0.4 is 0 Å². The van der Waals surface area contributed by atoms with Crippen molar-refractivity contribution in [3.05, 3.63) is 0 Å². The third kappa shape index (κ3) is 3.52. The van der Waals surface area contributed by atoms with Crippen molar-refractivity contribution in [3.8, 4) is 0 Å². The van der Waals surface area contributed by atoms with Gasteiger partial charge in [0.05, 0.1) is 0 Å². The Morgan fingerprint density at radius 3 is 2.14 bits per heavy atom. The van der Waals surface area contributed by atoms with Crippen molar-refractivity contribution >= 4 is 15.9 Å². The van der Waals surface area contributed by atoms with E-state index in [0.717, 1.165) is 6.54 Å². The van der Waals surface area contributed by atoms with Gasteiger partial charge in [-0.05, 0) is 39.4 Å². The molecule has 0 amide bonds. The predicted octanol–water partition coefficient (Wildman–Crippen LogP) is 2.04. The number of likely N-dealkylation sites (N-methyl/N-ethyl adjacent to an activating group) is 2. The molecule has 0 aliphatic heterocycles. The number of halogens is 1. The highest BCUT2D eigenvalue weighted by Crippen LogP contribution is 2.42. The summed E-state index contributed by atoms with van der Waals surface area (Å²) in [5.41, 5.74) is 0.598. The molecule has 0 aromatic rings. The van der Waals surface area contributed by atoms with Gasteiger partial charge >= 0.3 is 0 Å². The minimum atomic E-state index is 0.598. The van der Waals surface area contributed by atoms with Gasteiger partial charge in [0.2, 0.25) is 0 Å². The normalized spacial score (nSPS) is 20.1. The first kappa shape index (κ1) is 12.5. The van der Waals surface area contributed by atoms with Crippen LogP contribution in [0, 0.1) is 5.41 Å². The molecule has 0 aromatic heterocycles. The number of rotatable bonds is 6. The molecule has 2 nitrogen and oxygen atoms in total. The van der Waals surface area contributed by atoms with E-state index in [1.165, 1.54) is 37.7 Å². The molecule has 0 unspecified atom stereocenters. The lowest BCUT2D eigenvalue weighted by Gasteiger charge is -2.43. The van der Waals surface area contributed by atoms with Crippen LogP contribution in [0.2, 0.25) is 0 Å². The molecule has 84 valence electrons. The molecule has 1 rings (SSSR count). The zero-order chi connectivity index (χ0) is 10.6. The summed E-state index contributed by atoms with van der Waals surface area (Å²) in [5.74, 6) is 0. The molecule has 1 fully saturated rings. The fourth-order valence-corrected chi connectivity index (χ4v) is 2.77. The Morgan fingerprint density at radius 2 is 1.79 bits per heavy atom. The summed E-state index contributed by atoms with van der Waals surface area (Å²) < 4.78 is 0. The van der Waals surface area contributed by atoms with Gasteiger partial charge in [-0.2, -0.15) is 0 Å². The van der Waals surface area contributed by atoms with Crippen molar-refractivity contribution in [2.24, 2.45) is 5.41 Å². The van der Waals surface area contributed by atoms with E-state index in [1.54, 1.807) is 0 Å². The van der Waals surface area contributed by atoms with Crippen LogP contribution in [-0.2, 0) is 0 Å². The topological polar surface area (TPSA) is 6.48 Å². The molecule has 0 bridgehead atoms. The summed E-state index contributed by atoms with van der Waals surface area (Å²) in [4.78, 5) is 4.72. The van der Waals surface area contributed by atoms with Crippen LogP contribution in [-0.4, -0.2) is 55.9 Å². The van der Waals surface area contributed by atoms with Gasteiger partial charge in [-0.15, -0.1) is 0 Å². The molecular formula is C11H23BrN2. The standard InChI is InChI=1S/C11H23BrN2/c1-13(2)7-8-14(3)10-11(9-12)5-4-6-11/h4-10H2,1-3H3. The van der Waals surface area contributed by atoms with Crippen LogP contribution in [0.5, 0.6) is 0 Å². The maximum absolute atomic E-state index is 3.65. The van der Waals surface area contributed by atoms with E-state index in [-0.39, 0.29) is 0 Å². The molecule has 1 aliphatic carbocycles. The molecule has 0 saturated heterocycles. The highest BCUT2D eigenvalue weighted by atomic mass is 79.9. The maximum Gasteiger partial charge on any atom is 0.0106 e. The van der Waals surface area contributed by atoms with Crippen molar-refractivity contribution < 1.29 is 0 Å². The summed E-state index contributed by atoms with van der Waals surface area (Å²) in [7, 11) is 6.51. The molecule has 0 atom stereocenters. The van der Waals surface area contributed by atoms with E-state index in [4.69, 9.17) is 0 Å². The quantitative estimate of drug-likeness (QED) is 0.677. The molecule has 3 heteroatoms. The fourth-order valence-electron chi connectivity index (χ4n) is 2.03. The van der Waals surface area contributed by atoms with Crippen molar-refractivity contribution in [2.45, 2.75) is 19.3 Å². The van der Waals surface area contributed by atoms with Crippen LogP contribution in [0.25, 0.3) is 0 Å². The largest absolute Gasteiger partial charge is 0.308 e. The maximum atomic E-state index is 3.65. The Labute approximate surface area is 96.8 Å². The van der Waals surface area contributed by atoms with Gasteiger partial charge in [0.1, 0.15) is 0 Å². The Balaban J connectivity index is 2.21. The van der Waals surface area contributed by atoms with Crippen molar-refractivity contribution in [1.29, 1.82) is 0 Å². The molecular weight excluding hydrogens is 240 g/mol. The first-order valence-corrected chi connectivity index (χ1v) is 6.59. The van der Waals surface area contributed by atoms with Crippen LogP contribution in [0.3, 0.4) is 0 Å². The van der Waals surface area contributed by atoms with Gasteiger partial charge in [0.15, 0.2) is 0 Å². The van der Waals surface area contributed by atoms with Gasteiger partial charge < -0.3 is 9.80 Å². The molecule has 1 aliphatic rings. The van der Waals surface area contributed by atoms with E-state index in [1.807, 2.05) is 0 Å². The third-order valence-electron chi connectivity index (χ3n) is 3.23. The van der Waals surface area contributed by atoms with Gasteiger partial charge in [-0.1, -0.05) is 22.4 Å². The molecule has 0 radical (unpaired) electrons. The average Bonchev–Trinajstić information content (AvgIpc) is 2.08. The molecule has 0 heterocycles. The van der Waals surface area contributed by atoms with E-state index < -0.39 is 0 Å². The second-order valence-electron chi connectivity index (χ2n) is 5.03. The Kier molecular flexibility index (Phi) is 4.88. The van der Waals surface area contributed by atoms with Gasteiger partial charge in [0, 0.05) is 25.0 Å². The van der Waals surface area contributed by atoms with E-state index in [9.17, 15) is 0 Å². The lowest BCUT2D eigenvalue weighted by atomic mass is 9.70. The molecule has 0 spiro atoms. The molecule has 0 N–H and O–H groups in total. The SMILES string of the molecule is CN(C)CCN(C)CC1(CBr)CCC1. The lowest BCUT2D eigenvalue weighted by Crippen LogP contribution is -2.43. The summed E-state index contributed by atoms with van der Waals surface area (Å²) in [5, 5.41) is 1.17. The van der Waals surface area contributed by atoms with Crippen molar-refractivity contribution in [3.63, 3.8) is 0 Å². The number of hydrogen-bond acceptors (Lipinski definition) is 2. The number of nitrogens with zero attached hydrogens (tertiary/aromatic N) is 2. The van der Waals surface area contributed by atoms with Crippen molar-refractivity contribution in [2.75, 3.05) is 46.1 Å². The van der Waals surface area contributed by atoms with Gasteiger partial charge in [-0.3, -0.25) is 0 Å². The minimum Gasteiger partial charge on any atom is -0.308 e. The Hall–Kier alpha value is 0.400. The predicted molar refractivity (Wildman–Crippen MR) is 66.1 cm³/mol. The first-order chi connectivity index (χ1) is 6.58. The summed E-state index contributed by atoms with van der Waals surface area (Å²) >= 11 is 3.65. The highest BCUT2D eigenvalue weighted by Gasteiger charge is 2.36. The molecule has 0 aromatic carbocycles. The smallest absolute Gasteiger partial charge is 0.0106 e. The van der Waals surface area contributed by atoms with E-state index in [2.05, 4.69) is 46.9 Å². The second kappa shape index (κ2) is 5.47. The molecule has 1 saturated carbocycles. The van der Waals surface area contributed by atoms with Crippen LogP contribution in [0.1, 0.15) is 19.3 Å². The Morgan fingerprint density at radius 1 is 1.14 bits per heavy atom. The average molecular weight is 263 g/mol. The van der Waals surface area contributed by atoms with E-state index >= 15 is 0 Å². The number of hydrogen-bond donors (Lipinski definition) is 0. The van der Waals surface area contributed by atoms with Crippen LogP contribution in [0.4, 0.5) is 0 Å². The molecule has 14 heavy (non-hydrogen) atoms. The van der Waals surface area contributed by atoms with E-state index in [0.29, 0.717) is 5.41 Å². The first-order valence-electron chi connectivity index (χ1n) is 5.47. The van der Waals surface area contributed by atoms with Crippen LogP contribution in [0.15, 0.2) is 0 Å². The monoisotopic (exact) mass is 262 g/mol. The minimum absolute atomic E-state index is 0.598. The Bertz CT molecular complexity index is 161. The summed E-state index contributed by atoms with van der Waals surface area (Å²) in [6.07, 6.45) is 4.24. The van der Waals surface area contributed by atoms with Gasteiger partial charge in [-0.25, -0.2) is 0 Å². The van der Waals surface area contributed by atoms with Gasteiger partial charge in [0.25, 0.3) is 0 Å². The second-order valence-corrected chi connectivity index (χ2v) is 5.59. The number of alkyl halides is 1. The summed E-state index contributed by atoms with van der Waals surface area (Å²) in [6.45, 7) is 3.60. The zero-order valence-corrected chi connectivity index (χ0v) is 11.3.